The van der Waals surface area contributed by atoms with Crippen molar-refractivity contribution in [1.29, 1.82) is 0 Å². The van der Waals surface area contributed by atoms with Crippen LogP contribution in [-0.2, 0) is 10.3 Å². The number of nitrogens with zero attached hydrogens (tertiary/aromatic N) is 2. The van der Waals surface area contributed by atoms with E-state index in [-0.39, 0.29) is 5.91 Å². The van der Waals surface area contributed by atoms with Gasteiger partial charge >= 0.3 is 0 Å². The predicted octanol–water partition coefficient (Wildman–Crippen LogP) is 2.99. The SMILES string of the molecule is COc1ccc(OC)c(/C=C/C(=O)NC2(c3noc(C)n3)CCCC2)c1. The molecule has 3 rings (SSSR count). The molecule has 0 saturated heterocycles. The first-order valence-electron chi connectivity index (χ1n) is 8.59. The summed E-state index contributed by atoms with van der Waals surface area (Å²) in [4.78, 5) is 16.9. The Morgan fingerprint density at radius 1 is 1.27 bits per heavy atom. The highest BCUT2D eigenvalue weighted by Crippen LogP contribution is 2.37. The van der Waals surface area contributed by atoms with Gasteiger partial charge in [-0.2, -0.15) is 4.98 Å². The van der Waals surface area contributed by atoms with Gasteiger partial charge in [0.25, 0.3) is 0 Å². The number of amides is 1. The number of nitrogens with one attached hydrogen (secondary N) is 1. The third kappa shape index (κ3) is 3.71. The van der Waals surface area contributed by atoms with E-state index in [0.29, 0.717) is 23.2 Å². The number of benzene rings is 1. The van der Waals surface area contributed by atoms with Crippen LogP contribution in [0.4, 0.5) is 0 Å². The van der Waals surface area contributed by atoms with E-state index in [9.17, 15) is 4.79 Å². The summed E-state index contributed by atoms with van der Waals surface area (Å²) in [5.74, 6) is 2.20. The summed E-state index contributed by atoms with van der Waals surface area (Å²) in [5.41, 5.74) is 0.204. The van der Waals surface area contributed by atoms with Gasteiger partial charge in [0.1, 0.15) is 17.0 Å². The van der Waals surface area contributed by atoms with Crippen molar-refractivity contribution >= 4 is 12.0 Å². The number of carbonyl (C=O) groups is 1. The number of hydrogen-bond donors (Lipinski definition) is 1. The minimum atomic E-state index is -0.558. The van der Waals surface area contributed by atoms with Gasteiger partial charge in [-0.3, -0.25) is 4.79 Å². The van der Waals surface area contributed by atoms with Crippen molar-refractivity contribution < 1.29 is 18.8 Å². The van der Waals surface area contributed by atoms with Gasteiger partial charge in [-0.05, 0) is 37.1 Å². The smallest absolute Gasteiger partial charge is 0.244 e. The Morgan fingerprint density at radius 2 is 2.04 bits per heavy atom. The van der Waals surface area contributed by atoms with Crippen LogP contribution in [0, 0.1) is 6.92 Å². The number of carbonyl (C=O) groups excluding carboxylic acids is 1. The van der Waals surface area contributed by atoms with Crippen molar-refractivity contribution in [1.82, 2.24) is 15.5 Å². The number of aryl methyl sites for hydroxylation is 1. The molecule has 1 N–H and O–H groups in total. The van der Waals surface area contributed by atoms with E-state index in [1.165, 1.54) is 6.08 Å². The predicted molar refractivity (Wildman–Crippen MR) is 95.9 cm³/mol. The van der Waals surface area contributed by atoms with Gasteiger partial charge in [0.15, 0.2) is 5.82 Å². The van der Waals surface area contributed by atoms with E-state index in [1.807, 2.05) is 12.1 Å². The van der Waals surface area contributed by atoms with Crippen molar-refractivity contribution in [2.75, 3.05) is 14.2 Å². The minimum Gasteiger partial charge on any atom is -0.497 e. The number of rotatable bonds is 6. The molecule has 0 bridgehead atoms. The second-order valence-electron chi connectivity index (χ2n) is 6.36. The first-order valence-corrected chi connectivity index (χ1v) is 8.59. The number of aromatic nitrogens is 2. The highest BCUT2D eigenvalue weighted by molar-refractivity contribution is 5.92. The van der Waals surface area contributed by atoms with Crippen LogP contribution in [-0.4, -0.2) is 30.3 Å². The number of hydrogen-bond acceptors (Lipinski definition) is 6. The van der Waals surface area contributed by atoms with Crippen molar-refractivity contribution in [3.63, 3.8) is 0 Å². The van der Waals surface area contributed by atoms with Crippen LogP contribution in [0.3, 0.4) is 0 Å². The Morgan fingerprint density at radius 3 is 2.65 bits per heavy atom. The van der Waals surface area contributed by atoms with Crippen LogP contribution < -0.4 is 14.8 Å². The van der Waals surface area contributed by atoms with Gasteiger partial charge in [-0.25, -0.2) is 0 Å². The normalized spacial score (nSPS) is 16.0. The highest BCUT2D eigenvalue weighted by atomic mass is 16.5. The largest absolute Gasteiger partial charge is 0.497 e. The Kier molecular flexibility index (Phi) is 5.25. The molecule has 1 aliphatic carbocycles. The zero-order valence-electron chi connectivity index (χ0n) is 15.2. The maximum absolute atomic E-state index is 12.6. The van der Waals surface area contributed by atoms with Crippen molar-refractivity contribution in [2.24, 2.45) is 0 Å². The molecule has 7 heteroatoms. The maximum atomic E-state index is 12.6. The molecular formula is C19H23N3O4. The molecule has 1 heterocycles. The van der Waals surface area contributed by atoms with Gasteiger partial charge in [0.2, 0.25) is 11.8 Å². The molecule has 138 valence electrons. The molecule has 0 aliphatic heterocycles. The molecule has 1 saturated carbocycles. The summed E-state index contributed by atoms with van der Waals surface area (Å²) >= 11 is 0. The quantitative estimate of drug-likeness (QED) is 0.800. The summed E-state index contributed by atoms with van der Waals surface area (Å²) < 4.78 is 15.7. The molecule has 0 unspecified atom stereocenters. The minimum absolute atomic E-state index is 0.209. The first-order chi connectivity index (χ1) is 12.6. The average molecular weight is 357 g/mol. The summed E-state index contributed by atoms with van der Waals surface area (Å²) in [6, 6.07) is 5.43. The third-order valence-corrected chi connectivity index (χ3v) is 4.63. The van der Waals surface area contributed by atoms with Gasteiger partial charge in [-0.1, -0.05) is 18.0 Å². The zero-order chi connectivity index (χ0) is 18.6. The lowest BCUT2D eigenvalue weighted by atomic mass is 9.96. The lowest BCUT2D eigenvalue weighted by Gasteiger charge is -2.26. The van der Waals surface area contributed by atoms with Gasteiger partial charge in [-0.15, -0.1) is 0 Å². The van der Waals surface area contributed by atoms with Gasteiger partial charge < -0.3 is 19.3 Å². The third-order valence-electron chi connectivity index (χ3n) is 4.63. The molecule has 0 radical (unpaired) electrons. The van der Waals surface area contributed by atoms with Crippen LogP contribution in [0.25, 0.3) is 6.08 Å². The highest BCUT2D eigenvalue weighted by Gasteiger charge is 2.40. The Hall–Kier alpha value is -2.83. The molecule has 1 fully saturated rings. The monoisotopic (exact) mass is 357 g/mol. The zero-order valence-corrected chi connectivity index (χ0v) is 15.2. The fourth-order valence-corrected chi connectivity index (χ4v) is 3.29. The molecule has 1 aromatic heterocycles. The van der Waals surface area contributed by atoms with Crippen LogP contribution >= 0.6 is 0 Å². The van der Waals surface area contributed by atoms with E-state index >= 15 is 0 Å². The fourth-order valence-electron chi connectivity index (χ4n) is 3.29. The standard InChI is InChI=1S/C19H23N3O4/c1-13-20-18(22-26-13)19(10-4-5-11-19)21-17(23)9-6-14-12-15(24-2)7-8-16(14)25-3/h6-9,12H,4-5,10-11H2,1-3H3,(H,21,23)/b9-6+. The lowest BCUT2D eigenvalue weighted by molar-refractivity contribution is -0.118. The van der Waals surface area contributed by atoms with Crippen LogP contribution in [0.1, 0.15) is 43.0 Å². The first kappa shape index (κ1) is 18.0. The molecule has 1 aromatic carbocycles. The molecule has 1 aliphatic rings. The van der Waals surface area contributed by atoms with Crippen LogP contribution in [0.2, 0.25) is 0 Å². The molecule has 0 atom stereocenters. The van der Waals surface area contributed by atoms with Gasteiger partial charge in [0.05, 0.1) is 14.2 Å². The van der Waals surface area contributed by atoms with E-state index < -0.39 is 5.54 Å². The summed E-state index contributed by atoms with van der Waals surface area (Å²) in [5, 5.41) is 7.11. The summed E-state index contributed by atoms with van der Waals surface area (Å²) in [6.45, 7) is 1.75. The van der Waals surface area contributed by atoms with Crippen LogP contribution in [0.15, 0.2) is 28.8 Å². The molecule has 1 amide bonds. The second-order valence-corrected chi connectivity index (χ2v) is 6.36. The lowest BCUT2D eigenvalue weighted by Crippen LogP contribution is -2.44. The van der Waals surface area contributed by atoms with Crippen LogP contribution in [0.5, 0.6) is 11.5 Å². The molecule has 7 nitrogen and oxygen atoms in total. The Balaban J connectivity index is 1.78. The number of methoxy groups -OCH3 is 2. The van der Waals surface area contributed by atoms with E-state index in [1.54, 1.807) is 33.3 Å². The molecule has 2 aromatic rings. The summed E-state index contributed by atoms with van der Waals surface area (Å²) in [7, 11) is 3.18. The molecule has 0 spiro atoms. The number of ether oxygens (including phenoxy) is 2. The van der Waals surface area contributed by atoms with E-state index in [0.717, 1.165) is 31.2 Å². The second kappa shape index (κ2) is 7.59. The van der Waals surface area contributed by atoms with Gasteiger partial charge in [0, 0.05) is 18.6 Å². The van der Waals surface area contributed by atoms with Crippen molar-refractivity contribution in [3.05, 3.63) is 41.6 Å². The summed E-state index contributed by atoms with van der Waals surface area (Å²) in [6.07, 6.45) is 6.83. The Labute approximate surface area is 152 Å². The van der Waals surface area contributed by atoms with Crippen molar-refractivity contribution in [2.45, 2.75) is 38.1 Å². The fraction of sp³-hybridized carbons (Fsp3) is 0.421. The van der Waals surface area contributed by atoms with E-state index in [4.69, 9.17) is 14.0 Å². The topological polar surface area (TPSA) is 86.5 Å². The molecule has 26 heavy (non-hydrogen) atoms. The van der Waals surface area contributed by atoms with E-state index in [2.05, 4.69) is 15.5 Å². The average Bonchev–Trinajstić information content (AvgIpc) is 3.29. The maximum Gasteiger partial charge on any atom is 0.244 e. The Bertz CT molecular complexity index is 807. The van der Waals surface area contributed by atoms with Crippen molar-refractivity contribution in [3.8, 4) is 11.5 Å². The molecular weight excluding hydrogens is 334 g/mol.